The fourth-order valence-corrected chi connectivity index (χ4v) is 7.50. The lowest BCUT2D eigenvalue weighted by molar-refractivity contribution is -0.147. The molecule has 1 aromatic rings. The molecule has 0 aromatic heterocycles. The molecule has 5 fully saturated rings. The average molecular weight is 451 g/mol. The minimum atomic E-state index is 0.0433. The van der Waals surface area contributed by atoms with E-state index < -0.39 is 0 Å². The molecule has 2 saturated carbocycles. The van der Waals surface area contributed by atoms with E-state index in [-0.39, 0.29) is 29.0 Å². The summed E-state index contributed by atoms with van der Waals surface area (Å²) in [5.41, 5.74) is 1.67. The maximum absolute atomic E-state index is 12.9. The van der Waals surface area contributed by atoms with Crippen LogP contribution in [0.3, 0.4) is 0 Å². The van der Waals surface area contributed by atoms with Gasteiger partial charge in [-0.3, -0.25) is 14.6 Å². The molecule has 5 heteroatoms. The van der Waals surface area contributed by atoms with Crippen LogP contribution in [0.5, 0.6) is 0 Å². The van der Waals surface area contributed by atoms with Crippen molar-refractivity contribution >= 4 is 12.0 Å². The molecule has 0 bridgehead atoms. The first-order chi connectivity index (χ1) is 16.0. The first kappa shape index (κ1) is 21.8. The van der Waals surface area contributed by atoms with Gasteiger partial charge in [0.25, 0.3) is 0 Å². The van der Waals surface area contributed by atoms with Gasteiger partial charge >= 0.3 is 5.97 Å². The van der Waals surface area contributed by atoms with Crippen molar-refractivity contribution in [3.63, 3.8) is 0 Å². The second-order valence-corrected chi connectivity index (χ2v) is 11.5. The Bertz CT molecular complexity index is 890. The lowest BCUT2D eigenvalue weighted by Crippen LogP contribution is -2.52. The minimum Gasteiger partial charge on any atom is -0.462 e. The van der Waals surface area contributed by atoms with Crippen molar-refractivity contribution in [2.45, 2.75) is 50.7 Å². The van der Waals surface area contributed by atoms with Gasteiger partial charge in [-0.25, -0.2) is 0 Å². The zero-order valence-electron chi connectivity index (χ0n) is 20.0. The summed E-state index contributed by atoms with van der Waals surface area (Å²) < 4.78 is 12.1. The van der Waals surface area contributed by atoms with E-state index in [0.29, 0.717) is 11.8 Å². The molecule has 3 saturated heterocycles. The number of carbonyl (C=O) groups excluding carboxylic acids is 1. The zero-order valence-corrected chi connectivity index (χ0v) is 20.0. The van der Waals surface area contributed by atoms with E-state index in [0.717, 1.165) is 58.7 Å². The van der Waals surface area contributed by atoms with Gasteiger partial charge in [-0.15, -0.1) is 0 Å². The van der Waals surface area contributed by atoms with Crippen molar-refractivity contribution in [1.82, 2.24) is 9.80 Å². The Hall–Kier alpha value is -1.69. The van der Waals surface area contributed by atoms with Crippen LogP contribution in [0.15, 0.2) is 36.4 Å². The van der Waals surface area contributed by atoms with Gasteiger partial charge in [-0.05, 0) is 49.0 Å². The molecule has 1 aromatic carbocycles. The van der Waals surface area contributed by atoms with Crippen molar-refractivity contribution in [3.8, 4) is 0 Å². The summed E-state index contributed by atoms with van der Waals surface area (Å²) in [5, 5.41) is 0. The predicted octanol–water partition coefficient (Wildman–Crippen LogP) is 3.84. The van der Waals surface area contributed by atoms with Gasteiger partial charge in [0.1, 0.15) is 6.10 Å². The van der Waals surface area contributed by atoms with Crippen molar-refractivity contribution in [3.05, 3.63) is 42.0 Å². The molecule has 178 valence electrons. The van der Waals surface area contributed by atoms with E-state index in [4.69, 9.17) is 9.47 Å². The number of benzene rings is 1. The maximum atomic E-state index is 12.9. The highest BCUT2D eigenvalue weighted by atomic mass is 16.6. The minimum absolute atomic E-state index is 0.0433. The average Bonchev–Trinajstić information content (AvgIpc) is 3.52. The molecular weight excluding hydrogens is 412 g/mol. The first-order valence-electron chi connectivity index (χ1n) is 13.1. The highest BCUT2D eigenvalue weighted by Gasteiger charge is 2.65. The molecule has 6 rings (SSSR count). The van der Waals surface area contributed by atoms with E-state index in [9.17, 15) is 4.79 Å². The lowest BCUT2D eigenvalue weighted by Gasteiger charge is -2.51. The summed E-state index contributed by atoms with van der Waals surface area (Å²) in [6.07, 6.45) is 10.5. The van der Waals surface area contributed by atoms with E-state index in [1.54, 1.807) is 0 Å². The predicted molar refractivity (Wildman–Crippen MR) is 129 cm³/mol. The number of piperazine rings is 1. The van der Waals surface area contributed by atoms with Gasteiger partial charge in [0, 0.05) is 45.2 Å². The Morgan fingerprint density at radius 1 is 1.09 bits per heavy atom. The number of carbonyl (C=O) groups is 1. The molecular formula is C28H38N2O3. The van der Waals surface area contributed by atoms with Crippen LogP contribution in [0.1, 0.15) is 44.6 Å². The summed E-state index contributed by atoms with van der Waals surface area (Å²) in [4.78, 5) is 18.0. The molecule has 2 aliphatic carbocycles. The van der Waals surface area contributed by atoms with Gasteiger partial charge in [0.15, 0.2) is 0 Å². The number of hydrogen-bond acceptors (Lipinski definition) is 5. The molecule has 0 radical (unpaired) electrons. The molecule has 33 heavy (non-hydrogen) atoms. The Morgan fingerprint density at radius 2 is 1.85 bits per heavy atom. The molecule has 6 atom stereocenters. The number of fused-ring (bicyclic) bond motifs is 3. The van der Waals surface area contributed by atoms with Gasteiger partial charge in [0.05, 0.1) is 18.1 Å². The summed E-state index contributed by atoms with van der Waals surface area (Å²) in [7, 11) is 0. The number of hydrogen-bond donors (Lipinski definition) is 0. The number of nitrogens with zero attached hydrogens (tertiary/aromatic N) is 2. The second-order valence-electron chi connectivity index (χ2n) is 11.5. The monoisotopic (exact) mass is 450 g/mol. The third kappa shape index (κ3) is 4.17. The highest BCUT2D eigenvalue weighted by molar-refractivity contribution is 5.75. The van der Waals surface area contributed by atoms with E-state index >= 15 is 0 Å². The Balaban J connectivity index is 1.04. The molecule has 3 aliphatic heterocycles. The second kappa shape index (κ2) is 8.51. The van der Waals surface area contributed by atoms with Gasteiger partial charge in [-0.1, -0.05) is 49.4 Å². The summed E-state index contributed by atoms with van der Waals surface area (Å²) >= 11 is 0. The van der Waals surface area contributed by atoms with Crippen LogP contribution in [-0.4, -0.2) is 73.3 Å². The van der Waals surface area contributed by atoms with Crippen LogP contribution in [0.4, 0.5) is 0 Å². The van der Waals surface area contributed by atoms with Crippen LogP contribution in [-0.2, 0) is 14.3 Å². The number of rotatable bonds is 5. The Morgan fingerprint density at radius 3 is 2.61 bits per heavy atom. The van der Waals surface area contributed by atoms with Crippen LogP contribution in [0, 0.1) is 23.2 Å². The fraction of sp³-hybridized carbons (Fsp3) is 0.679. The van der Waals surface area contributed by atoms with E-state index in [2.05, 4.69) is 59.2 Å². The number of epoxide rings is 1. The SMILES string of the molecule is C[C@]12CCC[C@@]3(CO3)[C@H]1C[C@@H]1[C@@H](C2)OC(=O)[C@@H]1CN1CCN(CC=Cc2ccccc2)CC1. The number of ether oxygens (including phenoxy) is 2. The fourth-order valence-electron chi connectivity index (χ4n) is 7.50. The zero-order chi connectivity index (χ0) is 22.5. The quantitative estimate of drug-likeness (QED) is 0.504. The molecule has 5 aliphatic rings. The van der Waals surface area contributed by atoms with Gasteiger partial charge < -0.3 is 9.47 Å². The van der Waals surface area contributed by atoms with Crippen LogP contribution >= 0.6 is 0 Å². The van der Waals surface area contributed by atoms with Gasteiger partial charge in [0.2, 0.25) is 0 Å². The molecule has 1 spiro atoms. The highest BCUT2D eigenvalue weighted by Crippen LogP contribution is 2.62. The van der Waals surface area contributed by atoms with Crippen molar-refractivity contribution < 1.29 is 14.3 Å². The third-order valence-corrected chi connectivity index (χ3v) is 9.47. The molecule has 5 nitrogen and oxygen atoms in total. The summed E-state index contributed by atoms with van der Waals surface area (Å²) in [6, 6.07) is 10.5. The standard InChI is InChI=1S/C28H38N2O3/c1-27-10-6-11-28(20-32-28)25(27)17-22-23(26(31)33-24(22)18-27)19-30-15-13-29(14-16-30)12-5-9-21-7-3-2-4-8-21/h2-5,7-9,22-25H,6,10-20H2,1H3/t22-,23+,24+,25-,27+,28+/m0/s1. The van der Waals surface area contributed by atoms with Crippen molar-refractivity contribution in [2.24, 2.45) is 23.2 Å². The van der Waals surface area contributed by atoms with E-state index in [1.807, 2.05) is 0 Å². The van der Waals surface area contributed by atoms with Crippen molar-refractivity contribution in [2.75, 3.05) is 45.9 Å². The normalized spacial score (nSPS) is 41.2. The van der Waals surface area contributed by atoms with Crippen LogP contribution < -0.4 is 0 Å². The molecule has 3 heterocycles. The molecule has 0 amide bonds. The largest absolute Gasteiger partial charge is 0.462 e. The topological polar surface area (TPSA) is 45.3 Å². The first-order valence-corrected chi connectivity index (χ1v) is 13.1. The number of esters is 1. The summed E-state index contributed by atoms with van der Waals surface area (Å²) in [6.45, 7) is 9.42. The Kier molecular flexibility index (Phi) is 5.63. The Labute approximate surface area is 198 Å². The lowest BCUT2D eigenvalue weighted by atomic mass is 9.53. The van der Waals surface area contributed by atoms with Crippen LogP contribution in [0.25, 0.3) is 6.08 Å². The molecule has 0 N–H and O–H groups in total. The maximum Gasteiger partial charge on any atom is 0.310 e. The van der Waals surface area contributed by atoms with E-state index in [1.165, 1.54) is 24.8 Å². The van der Waals surface area contributed by atoms with Crippen LogP contribution in [0.2, 0.25) is 0 Å². The third-order valence-electron chi connectivity index (χ3n) is 9.47. The van der Waals surface area contributed by atoms with Gasteiger partial charge in [-0.2, -0.15) is 0 Å². The smallest absolute Gasteiger partial charge is 0.310 e. The molecule has 0 unspecified atom stereocenters. The van der Waals surface area contributed by atoms with Crippen molar-refractivity contribution in [1.29, 1.82) is 0 Å². The summed E-state index contributed by atoms with van der Waals surface area (Å²) in [5.74, 6) is 1.08.